The van der Waals surface area contributed by atoms with Gasteiger partial charge in [0.25, 0.3) is 5.91 Å². The maximum absolute atomic E-state index is 13.0. The molecule has 2 aromatic rings. The number of nitrogens with zero attached hydrogens (tertiary/aromatic N) is 2. The Morgan fingerprint density at radius 3 is 2.42 bits per heavy atom. The van der Waals surface area contributed by atoms with E-state index < -0.39 is 0 Å². The van der Waals surface area contributed by atoms with E-state index in [1.807, 2.05) is 18.2 Å². The van der Waals surface area contributed by atoms with Crippen LogP contribution in [0.3, 0.4) is 0 Å². The summed E-state index contributed by atoms with van der Waals surface area (Å²) in [6.45, 7) is 2.23. The molecule has 2 heterocycles. The second-order valence-electron chi connectivity index (χ2n) is 6.24. The fourth-order valence-electron chi connectivity index (χ4n) is 3.02. The van der Waals surface area contributed by atoms with Gasteiger partial charge in [0.1, 0.15) is 5.82 Å². The number of amidine groups is 1. The number of benzene rings is 2. The molecule has 1 N–H and O–H groups in total. The van der Waals surface area contributed by atoms with Crippen molar-refractivity contribution in [2.75, 3.05) is 18.0 Å². The van der Waals surface area contributed by atoms with Crippen LogP contribution < -0.4 is 10.2 Å². The van der Waals surface area contributed by atoms with Crippen LogP contribution in [0.2, 0.25) is 0 Å². The van der Waals surface area contributed by atoms with Crippen molar-refractivity contribution in [2.24, 2.45) is 4.99 Å². The molecule has 1 amide bonds. The van der Waals surface area contributed by atoms with Crippen LogP contribution in [0.5, 0.6) is 0 Å². The number of aliphatic imine (C=N–C) groups is 1. The van der Waals surface area contributed by atoms with Crippen molar-refractivity contribution in [1.82, 2.24) is 5.32 Å². The summed E-state index contributed by atoms with van der Waals surface area (Å²) < 4.78 is 13.0. The van der Waals surface area contributed by atoms with E-state index in [4.69, 9.17) is 0 Å². The Labute approximate surface area is 155 Å². The van der Waals surface area contributed by atoms with Crippen LogP contribution in [-0.2, 0) is 4.79 Å². The fourth-order valence-corrected chi connectivity index (χ4v) is 3.86. The van der Waals surface area contributed by atoms with Gasteiger partial charge in [0.2, 0.25) is 0 Å². The van der Waals surface area contributed by atoms with E-state index in [9.17, 15) is 9.18 Å². The number of carbonyl (C=O) groups is 1. The number of rotatable bonds is 3. The molecule has 2 fully saturated rings. The Morgan fingerprint density at radius 1 is 1.04 bits per heavy atom. The minimum atomic E-state index is -0.310. The van der Waals surface area contributed by atoms with Crippen molar-refractivity contribution < 1.29 is 9.18 Å². The molecular formula is C20H18FN3OS. The van der Waals surface area contributed by atoms with Gasteiger partial charge < -0.3 is 10.2 Å². The van der Waals surface area contributed by atoms with E-state index in [1.54, 1.807) is 12.1 Å². The van der Waals surface area contributed by atoms with Crippen molar-refractivity contribution in [1.29, 1.82) is 0 Å². The Balaban J connectivity index is 1.48. The zero-order valence-electron chi connectivity index (χ0n) is 14.1. The van der Waals surface area contributed by atoms with Gasteiger partial charge in [0.15, 0.2) is 5.17 Å². The first-order valence-corrected chi connectivity index (χ1v) is 9.39. The summed E-state index contributed by atoms with van der Waals surface area (Å²) >= 11 is 1.29. The normalized spacial score (nSPS) is 20.2. The van der Waals surface area contributed by atoms with Crippen LogP contribution in [-0.4, -0.2) is 24.2 Å². The number of anilines is 1. The van der Waals surface area contributed by atoms with Gasteiger partial charge >= 0.3 is 0 Å². The van der Waals surface area contributed by atoms with Gasteiger partial charge in [-0.1, -0.05) is 12.1 Å². The van der Waals surface area contributed by atoms with Crippen LogP contribution in [0.25, 0.3) is 6.08 Å². The molecule has 4 nitrogen and oxygen atoms in total. The van der Waals surface area contributed by atoms with Crippen molar-refractivity contribution in [3.8, 4) is 0 Å². The molecule has 132 valence electrons. The zero-order chi connectivity index (χ0) is 17.9. The first kappa shape index (κ1) is 16.8. The number of carbonyl (C=O) groups excluding carboxylic acids is 1. The summed E-state index contributed by atoms with van der Waals surface area (Å²) in [5, 5.41) is 3.25. The highest BCUT2D eigenvalue weighted by atomic mass is 32.2. The van der Waals surface area contributed by atoms with Crippen molar-refractivity contribution in [3.05, 3.63) is 64.8 Å². The summed E-state index contributed by atoms with van der Waals surface area (Å²) in [5.41, 5.74) is 2.81. The second-order valence-corrected chi connectivity index (χ2v) is 7.27. The molecule has 2 aliphatic heterocycles. The molecule has 0 aliphatic carbocycles. The van der Waals surface area contributed by atoms with Crippen LogP contribution in [0, 0.1) is 5.82 Å². The Morgan fingerprint density at radius 2 is 1.73 bits per heavy atom. The third-order valence-electron chi connectivity index (χ3n) is 4.37. The van der Waals surface area contributed by atoms with E-state index in [0.717, 1.165) is 18.7 Å². The van der Waals surface area contributed by atoms with E-state index in [2.05, 4.69) is 27.3 Å². The number of hydrogen-bond acceptors (Lipinski definition) is 4. The molecule has 2 aliphatic rings. The summed E-state index contributed by atoms with van der Waals surface area (Å²) in [6.07, 6.45) is 4.36. The molecule has 0 saturated carbocycles. The molecule has 2 saturated heterocycles. The number of thioether (sulfide) groups is 1. The van der Waals surface area contributed by atoms with Gasteiger partial charge in [0.05, 0.1) is 10.6 Å². The topological polar surface area (TPSA) is 44.7 Å². The van der Waals surface area contributed by atoms with Crippen molar-refractivity contribution >= 4 is 40.3 Å². The molecular weight excluding hydrogens is 349 g/mol. The van der Waals surface area contributed by atoms with Crippen molar-refractivity contribution in [3.63, 3.8) is 0 Å². The predicted octanol–water partition coefficient (Wildman–Crippen LogP) is 4.32. The predicted molar refractivity (Wildman–Crippen MR) is 105 cm³/mol. The van der Waals surface area contributed by atoms with Gasteiger partial charge in [-0.05, 0) is 72.6 Å². The highest BCUT2D eigenvalue weighted by Gasteiger charge is 2.23. The van der Waals surface area contributed by atoms with Gasteiger partial charge in [-0.25, -0.2) is 9.38 Å². The van der Waals surface area contributed by atoms with Gasteiger partial charge in [-0.2, -0.15) is 0 Å². The molecule has 0 atom stereocenters. The van der Waals surface area contributed by atoms with E-state index in [-0.39, 0.29) is 11.7 Å². The molecule has 0 radical (unpaired) electrons. The molecule has 26 heavy (non-hydrogen) atoms. The minimum absolute atomic E-state index is 0.167. The molecule has 0 bridgehead atoms. The first-order chi connectivity index (χ1) is 12.7. The summed E-state index contributed by atoms with van der Waals surface area (Å²) in [4.78, 5) is 19.5. The minimum Gasteiger partial charge on any atom is -0.372 e. The zero-order valence-corrected chi connectivity index (χ0v) is 14.9. The highest BCUT2D eigenvalue weighted by Crippen LogP contribution is 2.29. The fraction of sp³-hybridized carbons (Fsp3) is 0.200. The van der Waals surface area contributed by atoms with Crippen LogP contribution >= 0.6 is 11.8 Å². The maximum atomic E-state index is 13.0. The number of amides is 1. The van der Waals surface area contributed by atoms with Crippen LogP contribution in [0.1, 0.15) is 18.4 Å². The van der Waals surface area contributed by atoms with Gasteiger partial charge in [-0.15, -0.1) is 0 Å². The molecule has 0 unspecified atom stereocenters. The number of halogens is 1. The Hall–Kier alpha value is -2.60. The number of hydrogen-bond donors (Lipinski definition) is 1. The average molecular weight is 367 g/mol. The van der Waals surface area contributed by atoms with Crippen LogP contribution in [0.15, 0.2) is 58.4 Å². The second kappa shape index (κ2) is 7.33. The Bertz CT molecular complexity index is 869. The maximum Gasteiger partial charge on any atom is 0.264 e. The standard InChI is InChI=1S/C20H18FN3OS/c21-15-5-7-16(8-6-15)22-20-23-19(25)18(26-20)13-14-3-9-17(10-4-14)24-11-1-2-12-24/h3-10,13H,1-2,11-12H2,(H,22,23,25)/b18-13-. The lowest BCUT2D eigenvalue weighted by molar-refractivity contribution is -0.115. The lowest BCUT2D eigenvalue weighted by Gasteiger charge is -2.17. The van der Waals surface area contributed by atoms with E-state index >= 15 is 0 Å². The monoisotopic (exact) mass is 367 g/mol. The van der Waals surface area contributed by atoms with Gasteiger partial charge in [0, 0.05) is 18.8 Å². The van der Waals surface area contributed by atoms with Crippen molar-refractivity contribution in [2.45, 2.75) is 12.8 Å². The molecule has 0 aromatic heterocycles. The smallest absolute Gasteiger partial charge is 0.264 e. The average Bonchev–Trinajstić information content (AvgIpc) is 3.28. The Kier molecular flexibility index (Phi) is 4.75. The molecule has 6 heteroatoms. The summed E-state index contributed by atoms with van der Waals surface area (Å²) in [7, 11) is 0. The van der Waals surface area contributed by atoms with Gasteiger partial charge in [-0.3, -0.25) is 4.79 Å². The van der Waals surface area contributed by atoms with E-state index in [1.165, 1.54) is 42.4 Å². The molecule has 4 rings (SSSR count). The van der Waals surface area contributed by atoms with Crippen LogP contribution in [0.4, 0.5) is 15.8 Å². The summed E-state index contributed by atoms with van der Waals surface area (Å²) in [5.74, 6) is -0.477. The summed E-state index contributed by atoms with van der Waals surface area (Å²) in [6, 6.07) is 14.1. The number of nitrogens with one attached hydrogen (secondary N) is 1. The van der Waals surface area contributed by atoms with E-state index in [0.29, 0.717) is 15.8 Å². The SMILES string of the molecule is O=C1NC(=Nc2ccc(F)cc2)S/C1=C\c1ccc(N2CCCC2)cc1. The highest BCUT2D eigenvalue weighted by molar-refractivity contribution is 8.18. The third kappa shape index (κ3) is 3.80. The third-order valence-corrected chi connectivity index (χ3v) is 5.28. The lowest BCUT2D eigenvalue weighted by Crippen LogP contribution is -2.19. The largest absolute Gasteiger partial charge is 0.372 e. The quantitative estimate of drug-likeness (QED) is 0.822. The lowest BCUT2D eigenvalue weighted by atomic mass is 10.2. The molecule has 0 spiro atoms. The molecule has 2 aromatic carbocycles. The first-order valence-electron chi connectivity index (χ1n) is 8.57.